The molecule has 0 saturated carbocycles. The van der Waals surface area contributed by atoms with E-state index in [0.29, 0.717) is 22.9 Å². The summed E-state index contributed by atoms with van der Waals surface area (Å²) in [5.41, 5.74) is 2.61. The van der Waals surface area contributed by atoms with Crippen LogP contribution in [0.2, 0.25) is 0 Å². The van der Waals surface area contributed by atoms with Crippen LogP contribution in [0.5, 0.6) is 11.5 Å². The molecule has 0 spiro atoms. The molecule has 5 rings (SSSR count). The molecule has 1 heterocycles. The molecule has 0 aliphatic rings. The van der Waals surface area contributed by atoms with Gasteiger partial charge in [-0.3, -0.25) is 0 Å². The Morgan fingerprint density at radius 2 is 1.27 bits per heavy atom. The van der Waals surface area contributed by atoms with Crippen LogP contribution in [0.25, 0.3) is 22.6 Å². The predicted molar refractivity (Wildman–Crippen MR) is 129 cm³/mol. The molecule has 0 bridgehead atoms. The Morgan fingerprint density at radius 1 is 0.636 bits per heavy atom. The van der Waals surface area contributed by atoms with E-state index >= 15 is 0 Å². The monoisotopic (exact) mass is 433 g/mol. The van der Waals surface area contributed by atoms with Crippen LogP contribution in [0, 0.1) is 5.82 Å². The van der Waals surface area contributed by atoms with Crippen LogP contribution < -0.4 is 10.1 Å². The van der Waals surface area contributed by atoms with E-state index in [-0.39, 0.29) is 5.82 Å². The Balaban J connectivity index is 1.46. The molecule has 0 saturated heterocycles. The second-order valence-electron chi connectivity index (χ2n) is 7.37. The van der Waals surface area contributed by atoms with Crippen molar-refractivity contribution in [2.45, 2.75) is 0 Å². The van der Waals surface area contributed by atoms with E-state index in [1.54, 1.807) is 24.3 Å². The summed E-state index contributed by atoms with van der Waals surface area (Å²) in [6, 6.07) is 35.2. The number of aromatic nitrogens is 2. The summed E-state index contributed by atoms with van der Waals surface area (Å²) >= 11 is 0. The lowest BCUT2D eigenvalue weighted by Crippen LogP contribution is -2.00. The number of para-hydroxylation sites is 1. The van der Waals surface area contributed by atoms with Gasteiger partial charge in [-0.2, -0.15) is 0 Å². The van der Waals surface area contributed by atoms with Gasteiger partial charge in [-0.25, -0.2) is 14.4 Å². The third kappa shape index (κ3) is 4.88. The first kappa shape index (κ1) is 20.4. The van der Waals surface area contributed by atoms with Crippen LogP contribution in [0.4, 0.5) is 15.9 Å². The zero-order valence-corrected chi connectivity index (χ0v) is 17.7. The fourth-order valence-electron chi connectivity index (χ4n) is 3.41. The van der Waals surface area contributed by atoms with Crippen LogP contribution in [-0.4, -0.2) is 9.97 Å². The summed E-state index contributed by atoms with van der Waals surface area (Å²) in [6.07, 6.45) is 0. The first-order chi connectivity index (χ1) is 16.2. The van der Waals surface area contributed by atoms with E-state index in [1.165, 1.54) is 6.07 Å². The maximum atomic E-state index is 14.5. The SMILES string of the molecule is Fc1ccccc1-c1cc(Nc2ccc(Oc3ccccc3)cc2)nc(-c2ccccc2)n1. The van der Waals surface area contributed by atoms with Gasteiger partial charge in [0, 0.05) is 22.9 Å². The molecule has 0 atom stereocenters. The lowest BCUT2D eigenvalue weighted by molar-refractivity contribution is 0.483. The van der Waals surface area contributed by atoms with Gasteiger partial charge in [-0.05, 0) is 48.5 Å². The Hall–Kier alpha value is -4.51. The molecule has 5 aromatic rings. The fourth-order valence-corrected chi connectivity index (χ4v) is 3.41. The standard InChI is InChI=1S/C28H20FN3O/c29-25-14-8-7-13-24(25)26-19-27(32-28(31-26)20-9-3-1-4-10-20)30-21-15-17-23(18-16-21)33-22-11-5-2-6-12-22/h1-19H,(H,30,31,32). The summed E-state index contributed by atoms with van der Waals surface area (Å²) in [7, 11) is 0. The summed E-state index contributed by atoms with van der Waals surface area (Å²) in [4.78, 5) is 9.29. The first-order valence-electron chi connectivity index (χ1n) is 10.5. The van der Waals surface area contributed by atoms with Crippen molar-refractivity contribution in [1.82, 2.24) is 9.97 Å². The van der Waals surface area contributed by atoms with Crippen molar-refractivity contribution in [1.29, 1.82) is 0 Å². The highest BCUT2D eigenvalue weighted by atomic mass is 19.1. The molecule has 1 N–H and O–H groups in total. The van der Waals surface area contributed by atoms with Crippen LogP contribution in [-0.2, 0) is 0 Å². The normalized spacial score (nSPS) is 10.6. The smallest absolute Gasteiger partial charge is 0.162 e. The van der Waals surface area contributed by atoms with Crippen molar-refractivity contribution in [2.75, 3.05) is 5.32 Å². The van der Waals surface area contributed by atoms with E-state index in [1.807, 2.05) is 84.9 Å². The maximum Gasteiger partial charge on any atom is 0.162 e. The Kier molecular flexibility index (Phi) is 5.76. The van der Waals surface area contributed by atoms with E-state index in [2.05, 4.69) is 15.3 Å². The molecule has 0 unspecified atom stereocenters. The minimum atomic E-state index is -0.330. The van der Waals surface area contributed by atoms with Crippen molar-refractivity contribution in [3.63, 3.8) is 0 Å². The highest BCUT2D eigenvalue weighted by Gasteiger charge is 2.12. The number of nitrogens with zero attached hydrogens (tertiary/aromatic N) is 2. The molecule has 4 nitrogen and oxygen atoms in total. The molecule has 33 heavy (non-hydrogen) atoms. The van der Waals surface area contributed by atoms with E-state index in [4.69, 9.17) is 4.74 Å². The quantitative estimate of drug-likeness (QED) is 0.301. The van der Waals surface area contributed by atoms with Crippen molar-refractivity contribution >= 4 is 11.5 Å². The van der Waals surface area contributed by atoms with Crippen molar-refractivity contribution in [3.05, 3.63) is 121 Å². The highest BCUT2D eigenvalue weighted by Crippen LogP contribution is 2.29. The molecule has 0 aliphatic carbocycles. The number of rotatable bonds is 6. The molecule has 5 heteroatoms. The second kappa shape index (κ2) is 9.32. The zero-order chi connectivity index (χ0) is 22.5. The largest absolute Gasteiger partial charge is 0.457 e. The lowest BCUT2D eigenvalue weighted by Gasteiger charge is -2.12. The molecule has 0 fully saturated rings. The van der Waals surface area contributed by atoms with Crippen LogP contribution in [0.3, 0.4) is 0 Å². The lowest BCUT2D eigenvalue weighted by atomic mass is 10.1. The highest BCUT2D eigenvalue weighted by molar-refractivity contribution is 5.70. The van der Waals surface area contributed by atoms with Gasteiger partial charge in [0.05, 0.1) is 5.69 Å². The average molecular weight is 433 g/mol. The third-order valence-electron chi connectivity index (χ3n) is 5.01. The molecule has 0 amide bonds. The molecule has 0 aliphatic heterocycles. The molecule has 160 valence electrons. The van der Waals surface area contributed by atoms with Gasteiger partial charge in [0.2, 0.25) is 0 Å². The molecular formula is C28H20FN3O. The molecular weight excluding hydrogens is 413 g/mol. The van der Waals surface area contributed by atoms with E-state index in [9.17, 15) is 4.39 Å². The van der Waals surface area contributed by atoms with Crippen molar-refractivity contribution in [3.8, 4) is 34.1 Å². The van der Waals surface area contributed by atoms with Gasteiger partial charge < -0.3 is 10.1 Å². The second-order valence-corrected chi connectivity index (χ2v) is 7.37. The number of anilines is 2. The van der Waals surface area contributed by atoms with Crippen LogP contribution in [0.1, 0.15) is 0 Å². The van der Waals surface area contributed by atoms with Gasteiger partial charge in [0.25, 0.3) is 0 Å². The Bertz CT molecular complexity index is 1360. The number of ether oxygens (including phenoxy) is 1. The molecule has 4 aromatic carbocycles. The number of benzene rings is 4. The third-order valence-corrected chi connectivity index (χ3v) is 5.01. The summed E-state index contributed by atoms with van der Waals surface area (Å²) < 4.78 is 20.4. The fraction of sp³-hybridized carbons (Fsp3) is 0. The van der Waals surface area contributed by atoms with Crippen LogP contribution >= 0.6 is 0 Å². The number of hydrogen-bond acceptors (Lipinski definition) is 4. The number of nitrogens with one attached hydrogen (secondary N) is 1. The van der Waals surface area contributed by atoms with Crippen LogP contribution in [0.15, 0.2) is 115 Å². The minimum Gasteiger partial charge on any atom is -0.457 e. The van der Waals surface area contributed by atoms with Crippen molar-refractivity contribution < 1.29 is 9.13 Å². The number of halogens is 1. The van der Waals surface area contributed by atoms with Gasteiger partial charge in [-0.1, -0.05) is 60.7 Å². The minimum absolute atomic E-state index is 0.330. The van der Waals surface area contributed by atoms with Crippen molar-refractivity contribution in [2.24, 2.45) is 0 Å². The first-order valence-corrected chi connectivity index (χ1v) is 10.5. The summed E-state index contributed by atoms with van der Waals surface area (Å²) in [6.45, 7) is 0. The summed E-state index contributed by atoms with van der Waals surface area (Å²) in [5.74, 6) is 2.26. The van der Waals surface area contributed by atoms with Gasteiger partial charge in [0.1, 0.15) is 23.1 Å². The topological polar surface area (TPSA) is 47.0 Å². The van der Waals surface area contributed by atoms with Gasteiger partial charge in [-0.15, -0.1) is 0 Å². The zero-order valence-electron chi connectivity index (χ0n) is 17.7. The maximum absolute atomic E-state index is 14.5. The van der Waals surface area contributed by atoms with E-state index < -0.39 is 0 Å². The van der Waals surface area contributed by atoms with Gasteiger partial charge in [0.15, 0.2) is 5.82 Å². The average Bonchev–Trinajstić information content (AvgIpc) is 2.86. The molecule has 1 aromatic heterocycles. The molecule has 0 radical (unpaired) electrons. The van der Waals surface area contributed by atoms with Gasteiger partial charge >= 0.3 is 0 Å². The predicted octanol–water partition coefficient (Wildman–Crippen LogP) is 7.49. The van der Waals surface area contributed by atoms with E-state index in [0.717, 1.165) is 22.7 Å². The summed E-state index contributed by atoms with van der Waals surface area (Å²) in [5, 5.41) is 3.31. The Morgan fingerprint density at radius 3 is 2.00 bits per heavy atom. The Labute approximate surface area is 191 Å². The number of hydrogen-bond donors (Lipinski definition) is 1.